The van der Waals surface area contributed by atoms with E-state index >= 15 is 0 Å². The number of nitrogens with two attached hydrogens (primary N) is 1. The van der Waals surface area contributed by atoms with Crippen molar-refractivity contribution in [3.63, 3.8) is 0 Å². The molecule has 10 N–H and O–H groups in total. The first-order valence-electron chi connectivity index (χ1n) is 22.6. The number of carbonyl (C=O) groups excluding carboxylic acids is 5. The lowest BCUT2D eigenvalue weighted by molar-refractivity contribution is -0.133. The summed E-state index contributed by atoms with van der Waals surface area (Å²) in [6.45, 7) is 0.674. The van der Waals surface area contributed by atoms with Crippen LogP contribution in [0.5, 0.6) is 11.5 Å². The number of phenolic OH excluding ortho intramolecular Hbond substituents is 1. The number of unbranched alkanes of at least 4 members (excludes halogenated alkanes) is 5. The molecule has 362 valence electrons. The summed E-state index contributed by atoms with van der Waals surface area (Å²) >= 11 is 0. The van der Waals surface area contributed by atoms with Gasteiger partial charge in [0.2, 0.25) is 23.6 Å². The Hall–Kier alpha value is -7.01. The second-order valence-corrected chi connectivity index (χ2v) is 17.6. The molecule has 5 amide bonds. The van der Waals surface area contributed by atoms with Crippen molar-refractivity contribution in [3.8, 4) is 11.5 Å². The Morgan fingerprint density at radius 1 is 0.706 bits per heavy atom. The normalized spacial score (nSPS) is 12.5. The van der Waals surface area contributed by atoms with E-state index in [2.05, 4.69) is 60.4 Å². The molecule has 0 bridgehead atoms. The van der Waals surface area contributed by atoms with Crippen molar-refractivity contribution in [2.24, 2.45) is 5.73 Å². The minimum atomic E-state index is -4.82. The summed E-state index contributed by atoms with van der Waals surface area (Å²) in [5, 5.41) is 23.7. The third-order valence-corrected chi connectivity index (χ3v) is 11.5. The summed E-state index contributed by atoms with van der Waals surface area (Å²) in [6, 6.07) is 24.8. The van der Waals surface area contributed by atoms with Gasteiger partial charge in [0.1, 0.15) is 29.6 Å². The van der Waals surface area contributed by atoms with Gasteiger partial charge in [-0.25, -0.2) is 9.55 Å². The number of phenols is 1. The minimum absolute atomic E-state index is 0.0237. The standard InChI is InChI=1S/C49H61N8O10P/c1-51-38-20-18-37(19-21-38)47(61)52-27-26-45(59)54-44(31-39-32-57(33-53-39)28-10-5-3-2-4-7-11-34-12-8-6-9-13-34)49(63)56-43(30-35-14-22-40(58)23-15-35)48(62)55-42(46(50)60)29-36-16-24-41(25-17-36)67-68(64,65)66/h6,8-9,12-25,32-33,42-44,51,58H,2-5,7,10-11,26-31H2,1H3,(H2,50,60)(H,52,61)(H,54,59)(H,55,62)(H,56,63)(H2,64,65,66)/t42-,43-,44-/m0/s1. The molecule has 3 atom stereocenters. The molecule has 5 aromatic rings. The molecule has 0 radical (unpaired) electrons. The van der Waals surface area contributed by atoms with Crippen LogP contribution in [-0.4, -0.2) is 85.7 Å². The molecular weight excluding hydrogens is 892 g/mol. The van der Waals surface area contributed by atoms with Gasteiger partial charge in [0.25, 0.3) is 5.91 Å². The molecule has 19 heteroatoms. The zero-order valence-corrected chi connectivity index (χ0v) is 38.9. The highest BCUT2D eigenvalue weighted by Gasteiger charge is 2.30. The first-order chi connectivity index (χ1) is 32.6. The van der Waals surface area contributed by atoms with Gasteiger partial charge >= 0.3 is 7.82 Å². The van der Waals surface area contributed by atoms with Crippen LogP contribution in [0.2, 0.25) is 0 Å². The fourth-order valence-electron chi connectivity index (χ4n) is 7.38. The van der Waals surface area contributed by atoms with E-state index in [0.29, 0.717) is 28.9 Å². The molecule has 4 aromatic carbocycles. The molecule has 0 aliphatic carbocycles. The second-order valence-electron chi connectivity index (χ2n) is 16.4. The Morgan fingerprint density at radius 2 is 1.29 bits per heavy atom. The fraction of sp³-hybridized carbons (Fsp3) is 0.347. The first kappa shape index (κ1) is 52.0. The van der Waals surface area contributed by atoms with Gasteiger partial charge in [-0.3, -0.25) is 33.8 Å². The summed E-state index contributed by atoms with van der Waals surface area (Å²) in [7, 11) is -3.05. The third kappa shape index (κ3) is 18.3. The van der Waals surface area contributed by atoms with Gasteiger partial charge in [-0.2, -0.15) is 0 Å². The average molecular weight is 953 g/mol. The fourth-order valence-corrected chi connectivity index (χ4v) is 7.77. The minimum Gasteiger partial charge on any atom is -0.508 e. The van der Waals surface area contributed by atoms with E-state index in [-0.39, 0.29) is 49.6 Å². The SMILES string of the molecule is CNc1ccc(C(=O)NCCC(=O)N[C@@H](Cc2cn(CCCCCCCCc3ccccc3)cn2)C(=O)N[C@@H](Cc2ccc(O)cc2)C(=O)N[C@@H](Cc2ccc(OP(=O)(O)O)cc2)C(N)=O)cc1. The van der Waals surface area contributed by atoms with Gasteiger partial charge < -0.3 is 46.5 Å². The third-order valence-electron chi connectivity index (χ3n) is 11.1. The van der Waals surface area contributed by atoms with Crippen LogP contribution in [0.4, 0.5) is 5.69 Å². The van der Waals surface area contributed by atoms with E-state index in [1.807, 2.05) is 16.8 Å². The summed E-state index contributed by atoms with van der Waals surface area (Å²) in [4.78, 5) is 90.0. The van der Waals surface area contributed by atoms with Crippen molar-refractivity contribution < 1.29 is 48.0 Å². The number of anilines is 1. The molecule has 0 unspecified atom stereocenters. The highest BCUT2D eigenvalue weighted by Crippen LogP contribution is 2.37. The van der Waals surface area contributed by atoms with Crippen LogP contribution in [0, 0.1) is 0 Å². The lowest BCUT2D eigenvalue weighted by Crippen LogP contribution is -2.57. The topological polar surface area (TPSA) is 276 Å². The maximum absolute atomic E-state index is 14.3. The monoisotopic (exact) mass is 952 g/mol. The highest BCUT2D eigenvalue weighted by atomic mass is 31.2. The van der Waals surface area contributed by atoms with Crippen LogP contribution in [0.3, 0.4) is 0 Å². The van der Waals surface area contributed by atoms with Gasteiger partial charge in [0.15, 0.2) is 0 Å². The molecule has 0 fully saturated rings. The van der Waals surface area contributed by atoms with E-state index in [1.165, 1.54) is 42.0 Å². The Balaban J connectivity index is 1.25. The molecule has 5 rings (SSSR count). The van der Waals surface area contributed by atoms with Crippen molar-refractivity contribution in [2.45, 2.75) is 95.3 Å². The number of hydrogen-bond donors (Lipinski definition) is 9. The van der Waals surface area contributed by atoms with Gasteiger partial charge in [-0.05, 0) is 84.5 Å². The molecule has 0 saturated heterocycles. The number of aryl methyl sites for hydroxylation is 2. The summed E-state index contributed by atoms with van der Waals surface area (Å²) in [5.41, 5.74) is 9.81. The number of phosphoric acid groups is 1. The number of aromatic hydroxyl groups is 1. The van der Waals surface area contributed by atoms with Crippen molar-refractivity contribution in [1.29, 1.82) is 0 Å². The second kappa shape index (κ2) is 26.4. The van der Waals surface area contributed by atoms with Crippen LogP contribution < -0.4 is 36.8 Å². The molecule has 0 saturated carbocycles. The zero-order chi connectivity index (χ0) is 48.9. The van der Waals surface area contributed by atoms with Crippen LogP contribution in [-0.2, 0) is 56.0 Å². The summed E-state index contributed by atoms with van der Waals surface area (Å²) < 4.78 is 17.8. The Morgan fingerprint density at radius 3 is 1.93 bits per heavy atom. The molecule has 0 aliphatic heterocycles. The van der Waals surface area contributed by atoms with Crippen LogP contribution >= 0.6 is 7.82 Å². The quantitative estimate of drug-likeness (QED) is 0.0248. The van der Waals surface area contributed by atoms with Gasteiger partial charge in [0.05, 0.1) is 12.0 Å². The Kier molecular flexibility index (Phi) is 20.1. The predicted molar refractivity (Wildman–Crippen MR) is 256 cm³/mol. The molecule has 1 heterocycles. The van der Waals surface area contributed by atoms with E-state index in [1.54, 1.807) is 49.8 Å². The maximum atomic E-state index is 14.3. The smallest absolute Gasteiger partial charge is 0.508 e. The number of aromatic nitrogens is 2. The van der Waals surface area contributed by atoms with Crippen molar-refractivity contribution in [2.75, 3.05) is 18.9 Å². The van der Waals surface area contributed by atoms with E-state index < -0.39 is 49.6 Å². The molecule has 68 heavy (non-hydrogen) atoms. The zero-order valence-electron chi connectivity index (χ0n) is 38.0. The lowest BCUT2D eigenvalue weighted by Gasteiger charge is -2.25. The van der Waals surface area contributed by atoms with Crippen LogP contribution in [0.1, 0.15) is 77.7 Å². The van der Waals surface area contributed by atoms with E-state index in [9.17, 15) is 33.6 Å². The lowest BCUT2D eigenvalue weighted by atomic mass is 10.0. The van der Waals surface area contributed by atoms with Gasteiger partial charge in [0, 0.05) is 63.3 Å². The van der Waals surface area contributed by atoms with Crippen LogP contribution in [0.25, 0.3) is 0 Å². The molecule has 0 spiro atoms. The van der Waals surface area contributed by atoms with Gasteiger partial charge in [-0.15, -0.1) is 0 Å². The number of nitrogens with zero attached hydrogens (tertiary/aromatic N) is 2. The van der Waals surface area contributed by atoms with E-state index in [0.717, 1.165) is 50.6 Å². The Labute approximate surface area is 395 Å². The Bertz CT molecular complexity index is 2450. The number of imidazole rings is 1. The largest absolute Gasteiger partial charge is 0.524 e. The number of hydrogen-bond acceptors (Lipinski definition) is 10. The molecular formula is C49H61N8O10P. The maximum Gasteiger partial charge on any atom is 0.524 e. The van der Waals surface area contributed by atoms with E-state index in [4.69, 9.17) is 15.5 Å². The molecule has 18 nitrogen and oxygen atoms in total. The number of phosphoric ester groups is 1. The van der Waals surface area contributed by atoms with Crippen LogP contribution in [0.15, 0.2) is 116 Å². The average Bonchev–Trinajstić information content (AvgIpc) is 3.77. The summed E-state index contributed by atoms with van der Waals surface area (Å²) in [5.74, 6) is -3.49. The number of rotatable bonds is 28. The summed E-state index contributed by atoms with van der Waals surface area (Å²) in [6.07, 6.45) is 10.7. The molecule has 1 aromatic heterocycles. The van der Waals surface area contributed by atoms with Crippen molar-refractivity contribution in [3.05, 3.63) is 144 Å². The van der Waals surface area contributed by atoms with Gasteiger partial charge in [-0.1, -0.05) is 80.3 Å². The number of primary amides is 1. The van der Waals surface area contributed by atoms with Crippen molar-refractivity contribution >= 4 is 43.0 Å². The number of carbonyl (C=O) groups is 5. The first-order valence-corrected chi connectivity index (χ1v) is 24.1. The number of benzene rings is 4. The molecule has 0 aliphatic rings. The predicted octanol–water partition coefficient (Wildman–Crippen LogP) is 4.47. The number of amides is 5. The number of nitrogens with one attached hydrogen (secondary N) is 5. The highest BCUT2D eigenvalue weighted by molar-refractivity contribution is 7.46. The van der Waals surface area contributed by atoms with Crippen molar-refractivity contribution in [1.82, 2.24) is 30.8 Å².